The van der Waals surface area contributed by atoms with E-state index in [1.54, 1.807) is 7.05 Å². The average molecular weight is 197 g/mol. The molecule has 1 aliphatic carbocycles. The maximum absolute atomic E-state index is 5.49. The number of amidine groups is 1. The molecule has 1 saturated heterocycles. The topological polar surface area (TPSA) is 50.9 Å². The van der Waals surface area contributed by atoms with Gasteiger partial charge in [0.1, 0.15) is 6.61 Å². The molecule has 80 valence electrons. The second-order valence-electron chi connectivity index (χ2n) is 4.65. The van der Waals surface area contributed by atoms with Crippen molar-refractivity contribution in [3.8, 4) is 0 Å². The van der Waals surface area contributed by atoms with E-state index in [9.17, 15) is 0 Å². The van der Waals surface area contributed by atoms with Gasteiger partial charge in [0.15, 0.2) is 0 Å². The van der Waals surface area contributed by atoms with Gasteiger partial charge < -0.3 is 10.5 Å². The van der Waals surface area contributed by atoms with Crippen LogP contribution >= 0.6 is 0 Å². The maximum atomic E-state index is 5.49. The highest BCUT2D eigenvalue weighted by molar-refractivity contribution is 5.71. The molecule has 2 N–H and O–H groups in total. The van der Waals surface area contributed by atoms with E-state index >= 15 is 0 Å². The Balaban J connectivity index is 1.81. The summed E-state index contributed by atoms with van der Waals surface area (Å²) >= 11 is 0. The molecule has 1 atom stereocenters. The summed E-state index contributed by atoms with van der Waals surface area (Å²) in [4.78, 5) is 6.16. The second kappa shape index (κ2) is 3.42. The van der Waals surface area contributed by atoms with E-state index in [0.717, 1.165) is 0 Å². The Morgan fingerprint density at radius 3 is 2.86 bits per heavy atom. The first-order chi connectivity index (χ1) is 6.65. The van der Waals surface area contributed by atoms with E-state index in [-0.39, 0.29) is 0 Å². The van der Waals surface area contributed by atoms with Crippen molar-refractivity contribution in [2.45, 2.75) is 25.3 Å². The number of aliphatic imine (C=N–C) groups is 1. The standard InChI is InChI=1S/C10H19N3O/c1-12-9(11)14-6-8-5-10(3-4-10)7-13(8)2/h8H,3-7H2,1-2H3,(H2,11,12)/t8-/m0/s1. The van der Waals surface area contributed by atoms with Crippen molar-refractivity contribution in [2.24, 2.45) is 16.1 Å². The van der Waals surface area contributed by atoms with Crippen LogP contribution in [-0.4, -0.2) is 44.2 Å². The minimum Gasteiger partial charge on any atom is -0.464 e. The van der Waals surface area contributed by atoms with Gasteiger partial charge in [-0.1, -0.05) is 0 Å². The van der Waals surface area contributed by atoms with Crippen molar-refractivity contribution in [2.75, 3.05) is 27.2 Å². The van der Waals surface area contributed by atoms with E-state index in [0.29, 0.717) is 24.1 Å². The summed E-state index contributed by atoms with van der Waals surface area (Å²) in [6.07, 6.45) is 4.05. The maximum Gasteiger partial charge on any atom is 0.281 e. The predicted molar refractivity (Wildman–Crippen MR) is 56.2 cm³/mol. The highest BCUT2D eigenvalue weighted by Crippen LogP contribution is 2.54. The molecule has 2 aliphatic rings. The smallest absolute Gasteiger partial charge is 0.281 e. The Hall–Kier alpha value is -0.770. The van der Waals surface area contributed by atoms with Crippen LogP contribution in [0.5, 0.6) is 0 Å². The minimum atomic E-state index is 0.301. The van der Waals surface area contributed by atoms with Gasteiger partial charge in [-0.2, -0.15) is 0 Å². The Bertz CT molecular complexity index is 248. The molecule has 0 unspecified atom stereocenters. The zero-order chi connectivity index (χ0) is 10.2. The largest absolute Gasteiger partial charge is 0.464 e. The average Bonchev–Trinajstić information content (AvgIpc) is 2.83. The number of hydrogen-bond acceptors (Lipinski definition) is 3. The summed E-state index contributed by atoms with van der Waals surface area (Å²) < 4.78 is 5.35. The first-order valence-electron chi connectivity index (χ1n) is 5.20. The Morgan fingerprint density at radius 1 is 1.64 bits per heavy atom. The lowest BCUT2D eigenvalue weighted by molar-refractivity contribution is 0.188. The molecule has 1 spiro atoms. The van der Waals surface area contributed by atoms with Crippen molar-refractivity contribution >= 4 is 6.02 Å². The van der Waals surface area contributed by atoms with Gasteiger partial charge in [-0.05, 0) is 31.7 Å². The highest BCUT2D eigenvalue weighted by atomic mass is 16.5. The van der Waals surface area contributed by atoms with E-state index in [4.69, 9.17) is 10.5 Å². The molecule has 2 rings (SSSR count). The molecule has 4 heteroatoms. The van der Waals surface area contributed by atoms with Gasteiger partial charge in [0.05, 0.1) is 0 Å². The van der Waals surface area contributed by atoms with Crippen LogP contribution in [0.2, 0.25) is 0 Å². The fraction of sp³-hybridized carbons (Fsp3) is 0.900. The summed E-state index contributed by atoms with van der Waals surface area (Å²) in [7, 11) is 3.82. The van der Waals surface area contributed by atoms with Crippen LogP contribution in [-0.2, 0) is 4.74 Å². The molecule has 14 heavy (non-hydrogen) atoms. The van der Waals surface area contributed by atoms with Crippen LogP contribution in [0.25, 0.3) is 0 Å². The summed E-state index contributed by atoms with van der Waals surface area (Å²) in [5, 5.41) is 0. The normalized spacial score (nSPS) is 31.0. The molecule has 0 radical (unpaired) electrons. The first kappa shape index (κ1) is 9.77. The summed E-state index contributed by atoms with van der Waals surface area (Å²) in [6.45, 7) is 1.91. The van der Waals surface area contributed by atoms with Crippen molar-refractivity contribution < 1.29 is 4.74 Å². The van der Waals surface area contributed by atoms with E-state index < -0.39 is 0 Å². The monoisotopic (exact) mass is 197 g/mol. The Labute approximate surface area is 85.1 Å². The molecule has 0 amide bonds. The number of likely N-dealkylation sites (tertiary alicyclic amines) is 1. The number of hydrogen-bond donors (Lipinski definition) is 1. The number of rotatable bonds is 2. The predicted octanol–water partition coefficient (Wildman–Crippen LogP) is 0.432. The molecule has 0 aromatic heterocycles. The van der Waals surface area contributed by atoms with Crippen LogP contribution in [0.15, 0.2) is 4.99 Å². The number of ether oxygens (including phenoxy) is 1. The van der Waals surface area contributed by atoms with Gasteiger partial charge in [0, 0.05) is 19.6 Å². The molecular formula is C10H19N3O. The van der Waals surface area contributed by atoms with E-state index in [1.165, 1.54) is 25.8 Å². The zero-order valence-electron chi connectivity index (χ0n) is 8.99. The van der Waals surface area contributed by atoms with Crippen molar-refractivity contribution in [1.29, 1.82) is 0 Å². The molecule has 2 fully saturated rings. The Kier molecular flexibility index (Phi) is 2.39. The molecule has 1 aliphatic heterocycles. The SMILES string of the molecule is CN=C(N)OC[C@@H]1CC2(CC2)CN1C. The van der Waals surface area contributed by atoms with Gasteiger partial charge in [-0.25, -0.2) is 4.99 Å². The minimum absolute atomic E-state index is 0.301. The van der Waals surface area contributed by atoms with Crippen LogP contribution in [0, 0.1) is 5.41 Å². The van der Waals surface area contributed by atoms with Gasteiger partial charge in [-0.3, -0.25) is 4.90 Å². The van der Waals surface area contributed by atoms with E-state index in [1.807, 2.05) is 0 Å². The Morgan fingerprint density at radius 2 is 2.36 bits per heavy atom. The number of nitrogens with zero attached hydrogens (tertiary/aromatic N) is 2. The first-order valence-corrected chi connectivity index (χ1v) is 5.20. The third-order valence-electron chi connectivity index (χ3n) is 3.48. The summed E-state index contributed by atoms with van der Waals surface area (Å²) in [5.74, 6) is 0. The molecule has 0 bridgehead atoms. The second-order valence-corrected chi connectivity index (χ2v) is 4.65. The molecule has 1 saturated carbocycles. The quantitative estimate of drug-likeness (QED) is 0.516. The van der Waals surface area contributed by atoms with Crippen LogP contribution < -0.4 is 5.73 Å². The number of nitrogens with two attached hydrogens (primary N) is 1. The van der Waals surface area contributed by atoms with E-state index in [2.05, 4.69) is 16.9 Å². The lowest BCUT2D eigenvalue weighted by Crippen LogP contribution is -2.32. The lowest BCUT2D eigenvalue weighted by Gasteiger charge is -2.18. The van der Waals surface area contributed by atoms with Crippen LogP contribution in [0.1, 0.15) is 19.3 Å². The number of likely N-dealkylation sites (N-methyl/N-ethyl adjacent to an activating group) is 1. The third kappa shape index (κ3) is 1.85. The van der Waals surface area contributed by atoms with Gasteiger partial charge in [-0.15, -0.1) is 0 Å². The summed E-state index contributed by atoms with van der Waals surface area (Å²) in [6, 6.07) is 0.827. The van der Waals surface area contributed by atoms with Crippen LogP contribution in [0.3, 0.4) is 0 Å². The third-order valence-corrected chi connectivity index (χ3v) is 3.48. The van der Waals surface area contributed by atoms with Gasteiger partial charge >= 0.3 is 0 Å². The van der Waals surface area contributed by atoms with Crippen LogP contribution in [0.4, 0.5) is 0 Å². The van der Waals surface area contributed by atoms with Gasteiger partial charge in [0.2, 0.25) is 0 Å². The van der Waals surface area contributed by atoms with Gasteiger partial charge in [0.25, 0.3) is 6.02 Å². The zero-order valence-corrected chi connectivity index (χ0v) is 8.99. The molecule has 0 aromatic carbocycles. The molecular weight excluding hydrogens is 178 g/mol. The molecule has 4 nitrogen and oxygen atoms in total. The molecule has 0 aromatic rings. The fourth-order valence-corrected chi connectivity index (χ4v) is 2.35. The highest BCUT2D eigenvalue weighted by Gasteiger charge is 2.50. The van der Waals surface area contributed by atoms with Crippen molar-refractivity contribution in [3.05, 3.63) is 0 Å². The van der Waals surface area contributed by atoms with Crippen molar-refractivity contribution in [1.82, 2.24) is 4.90 Å². The summed E-state index contributed by atoms with van der Waals surface area (Å²) in [5.41, 5.74) is 6.13. The lowest BCUT2D eigenvalue weighted by atomic mass is 10.0. The molecule has 1 heterocycles. The fourth-order valence-electron chi connectivity index (χ4n) is 2.35. The van der Waals surface area contributed by atoms with Crippen molar-refractivity contribution in [3.63, 3.8) is 0 Å².